The van der Waals surface area contributed by atoms with E-state index in [-0.39, 0.29) is 12.1 Å². The van der Waals surface area contributed by atoms with Crippen LogP contribution in [0.2, 0.25) is 0 Å². The number of carbonyl (C=O) groups is 1. The first-order chi connectivity index (χ1) is 8.59. The molecular formula is C15H17NO2. The smallest absolute Gasteiger partial charge is 0.327 e. The van der Waals surface area contributed by atoms with Gasteiger partial charge in [-0.05, 0) is 30.2 Å². The predicted octanol–water partition coefficient (Wildman–Crippen LogP) is 2.79. The molecule has 0 aliphatic rings. The Morgan fingerprint density at radius 2 is 1.78 bits per heavy atom. The lowest BCUT2D eigenvalue weighted by Gasteiger charge is -2.15. The number of nitrogens with two attached hydrogens (primary N) is 1. The van der Waals surface area contributed by atoms with Crippen LogP contribution >= 0.6 is 0 Å². The summed E-state index contributed by atoms with van der Waals surface area (Å²) in [4.78, 5) is 11.9. The van der Waals surface area contributed by atoms with E-state index < -0.39 is 6.04 Å². The summed E-state index contributed by atoms with van der Waals surface area (Å²) in [7, 11) is 0. The molecule has 2 N–H and O–H groups in total. The van der Waals surface area contributed by atoms with Crippen molar-refractivity contribution in [2.75, 3.05) is 0 Å². The van der Waals surface area contributed by atoms with Crippen molar-refractivity contribution in [3.8, 4) is 0 Å². The molecule has 0 radical (unpaired) electrons. The van der Waals surface area contributed by atoms with Crippen LogP contribution < -0.4 is 5.73 Å². The number of hydrogen-bond acceptors (Lipinski definition) is 3. The van der Waals surface area contributed by atoms with E-state index in [1.165, 1.54) is 0 Å². The lowest BCUT2D eigenvalue weighted by atomic mass is 9.99. The average Bonchev–Trinajstić information content (AvgIpc) is 2.36. The van der Waals surface area contributed by atoms with Crippen molar-refractivity contribution in [1.29, 1.82) is 0 Å². The number of hydrogen-bond donors (Lipinski definition) is 1. The van der Waals surface area contributed by atoms with Gasteiger partial charge in [0.2, 0.25) is 0 Å². The zero-order chi connectivity index (χ0) is 13.1. The molecule has 2 aromatic rings. The quantitative estimate of drug-likeness (QED) is 0.843. The third kappa shape index (κ3) is 2.51. The maximum absolute atomic E-state index is 11.9. The van der Waals surface area contributed by atoms with Gasteiger partial charge in [-0.15, -0.1) is 0 Å². The number of esters is 1. The lowest BCUT2D eigenvalue weighted by molar-refractivity contribution is -0.149. The van der Waals surface area contributed by atoms with Gasteiger partial charge in [0, 0.05) is 0 Å². The normalized spacial score (nSPS) is 12.7. The van der Waals surface area contributed by atoms with Crippen LogP contribution in [-0.2, 0) is 9.53 Å². The fraction of sp³-hybridized carbons (Fsp3) is 0.267. The molecular weight excluding hydrogens is 226 g/mol. The lowest BCUT2D eigenvalue weighted by Crippen LogP contribution is -2.26. The summed E-state index contributed by atoms with van der Waals surface area (Å²) >= 11 is 0. The zero-order valence-electron chi connectivity index (χ0n) is 10.6. The highest BCUT2D eigenvalue weighted by Crippen LogP contribution is 2.23. The molecule has 0 spiro atoms. The number of ether oxygens (including phenoxy) is 1. The minimum absolute atomic E-state index is 0.154. The maximum atomic E-state index is 11.9. The Balaban J connectivity index is 2.38. The second-order valence-electron chi connectivity index (χ2n) is 4.53. The maximum Gasteiger partial charge on any atom is 0.327 e. The largest absolute Gasteiger partial charge is 0.462 e. The predicted molar refractivity (Wildman–Crippen MR) is 72.1 cm³/mol. The first-order valence-electron chi connectivity index (χ1n) is 6.03. The molecule has 3 heteroatoms. The van der Waals surface area contributed by atoms with Crippen LogP contribution in [0.4, 0.5) is 0 Å². The molecule has 1 unspecified atom stereocenters. The molecule has 0 saturated heterocycles. The summed E-state index contributed by atoms with van der Waals surface area (Å²) in [5.74, 6) is -0.388. The monoisotopic (exact) mass is 243 g/mol. The fourth-order valence-electron chi connectivity index (χ4n) is 1.95. The van der Waals surface area contributed by atoms with Crippen LogP contribution in [0, 0.1) is 0 Å². The molecule has 0 bridgehead atoms. The number of rotatable bonds is 3. The minimum atomic E-state index is -0.738. The fourth-order valence-corrected chi connectivity index (χ4v) is 1.95. The van der Waals surface area contributed by atoms with Crippen molar-refractivity contribution in [3.05, 3.63) is 48.0 Å². The molecule has 0 aromatic heterocycles. The van der Waals surface area contributed by atoms with Crippen LogP contribution in [0.15, 0.2) is 42.5 Å². The zero-order valence-corrected chi connectivity index (χ0v) is 10.6. The third-order valence-corrected chi connectivity index (χ3v) is 2.76. The van der Waals surface area contributed by atoms with Crippen molar-refractivity contribution >= 4 is 16.7 Å². The Kier molecular flexibility index (Phi) is 3.63. The van der Waals surface area contributed by atoms with E-state index >= 15 is 0 Å². The Hall–Kier alpha value is -1.87. The minimum Gasteiger partial charge on any atom is -0.462 e. The highest BCUT2D eigenvalue weighted by molar-refractivity contribution is 5.90. The molecule has 0 fully saturated rings. The first kappa shape index (κ1) is 12.6. The van der Waals surface area contributed by atoms with E-state index in [4.69, 9.17) is 10.5 Å². The van der Waals surface area contributed by atoms with Crippen molar-refractivity contribution in [1.82, 2.24) is 0 Å². The second-order valence-corrected chi connectivity index (χ2v) is 4.53. The Morgan fingerprint density at radius 1 is 1.11 bits per heavy atom. The second kappa shape index (κ2) is 5.19. The molecule has 0 heterocycles. The molecule has 0 saturated carbocycles. The molecule has 0 aliphatic carbocycles. The van der Waals surface area contributed by atoms with Gasteiger partial charge in [-0.25, -0.2) is 4.79 Å². The summed E-state index contributed by atoms with van der Waals surface area (Å²) < 4.78 is 5.15. The Labute approximate surface area is 107 Å². The summed E-state index contributed by atoms with van der Waals surface area (Å²) in [6.07, 6.45) is -0.154. The van der Waals surface area contributed by atoms with E-state index in [1.807, 2.05) is 56.3 Å². The molecule has 1 atom stereocenters. The van der Waals surface area contributed by atoms with Crippen LogP contribution in [-0.4, -0.2) is 12.1 Å². The van der Waals surface area contributed by atoms with E-state index in [2.05, 4.69) is 0 Å². The summed E-state index contributed by atoms with van der Waals surface area (Å²) in [5.41, 5.74) is 6.78. The van der Waals surface area contributed by atoms with Gasteiger partial charge in [-0.2, -0.15) is 0 Å². The third-order valence-electron chi connectivity index (χ3n) is 2.76. The first-order valence-corrected chi connectivity index (χ1v) is 6.03. The van der Waals surface area contributed by atoms with E-state index in [9.17, 15) is 4.79 Å². The van der Waals surface area contributed by atoms with Gasteiger partial charge < -0.3 is 10.5 Å². The number of fused-ring (bicyclic) bond motifs is 1. The van der Waals surface area contributed by atoms with Gasteiger partial charge in [0.1, 0.15) is 6.04 Å². The molecule has 2 aromatic carbocycles. The van der Waals surface area contributed by atoms with Gasteiger partial charge in [0.15, 0.2) is 0 Å². The van der Waals surface area contributed by atoms with Crippen LogP contribution in [0.1, 0.15) is 25.5 Å². The molecule has 3 nitrogen and oxygen atoms in total. The summed E-state index contributed by atoms with van der Waals surface area (Å²) in [6, 6.07) is 12.9. The molecule has 2 rings (SSSR count). The van der Waals surface area contributed by atoms with E-state index in [0.29, 0.717) is 0 Å². The van der Waals surface area contributed by atoms with Gasteiger partial charge >= 0.3 is 5.97 Å². The van der Waals surface area contributed by atoms with Gasteiger partial charge in [0.05, 0.1) is 6.10 Å². The summed E-state index contributed by atoms with van der Waals surface area (Å²) in [5, 5.41) is 2.07. The molecule has 0 amide bonds. The Morgan fingerprint density at radius 3 is 2.50 bits per heavy atom. The molecule has 0 aliphatic heterocycles. The van der Waals surface area contributed by atoms with Crippen LogP contribution in [0.3, 0.4) is 0 Å². The van der Waals surface area contributed by atoms with Crippen molar-refractivity contribution in [2.45, 2.75) is 26.0 Å². The topological polar surface area (TPSA) is 52.3 Å². The average molecular weight is 243 g/mol. The van der Waals surface area contributed by atoms with Gasteiger partial charge in [-0.3, -0.25) is 0 Å². The standard InChI is InChI=1S/C15H17NO2/c1-10(2)18-15(17)14(16)13-9-5-7-11-6-3-4-8-12(11)13/h3-10,14H,16H2,1-2H3. The summed E-state index contributed by atoms with van der Waals surface area (Å²) in [6.45, 7) is 3.63. The molecule has 18 heavy (non-hydrogen) atoms. The number of carbonyl (C=O) groups excluding carboxylic acids is 1. The van der Waals surface area contributed by atoms with Crippen LogP contribution in [0.5, 0.6) is 0 Å². The van der Waals surface area contributed by atoms with Gasteiger partial charge in [-0.1, -0.05) is 42.5 Å². The van der Waals surface area contributed by atoms with E-state index in [0.717, 1.165) is 16.3 Å². The van der Waals surface area contributed by atoms with E-state index in [1.54, 1.807) is 0 Å². The van der Waals surface area contributed by atoms with Crippen LogP contribution in [0.25, 0.3) is 10.8 Å². The Bertz CT molecular complexity index is 558. The van der Waals surface area contributed by atoms with Gasteiger partial charge in [0.25, 0.3) is 0 Å². The highest BCUT2D eigenvalue weighted by Gasteiger charge is 2.20. The highest BCUT2D eigenvalue weighted by atomic mass is 16.5. The SMILES string of the molecule is CC(C)OC(=O)C(N)c1cccc2ccccc12. The van der Waals surface area contributed by atoms with Crippen molar-refractivity contribution < 1.29 is 9.53 Å². The van der Waals surface area contributed by atoms with Crippen molar-refractivity contribution in [2.24, 2.45) is 5.73 Å². The van der Waals surface area contributed by atoms with Crippen molar-refractivity contribution in [3.63, 3.8) is 0 Å². The molecule has 94 valence electrons. The number of benzene rings is 2.